The number of methoxy groups -OCH3 is 3. The molecule has 0 spiro atoms. The Balaban J connectivity index is 2.01. The van der Waals surface area contributed by atoms with Crippen molar-refractivity contribution in [2.24, 2.45) is 0 Å². The monoisotopic (exact) mass is 399 g/mol. The fourth-order valence-electron chi connectivity index (χ4n) is 3.71. The van der Waals surface area contributed by atoms with Crippen molar-refractivity contribution in [1.29, 1.82) is 0 Å². The fourth-order valence-corrected chi connectivity index (χ4v) is 3.71. The van der Waals surface area contributed by atoms with Crippen LogP contribution in [0.2, 0.25) is 0 Å². The van der Waals surface area contributed by atoms with Crippen LogP contribution in [0.25, 0.3) is 11.0 Å². The van der Waals surface area contributed by atoms with Crippen LogP contribution in [-0.4, -0.2) is 39.2 Å². The largest absolute Gasteiger partial charge is 0.493 e. The summed E-state index contributed by atoms with van der Waals surface area (Å²) in [5, 5.41) is 0.0734. The van der Waals surface area contributed by atoms with Crippen LogP contribution in [0, 0.1) is 5.82 Å². The number of carbonyl (C=O) groups excluding carboxylic acids is 1. The number of fused-ring (bicyclic) bond motifs is 2. The third kappa shape index (κ3) is 2.71. The predicted octanol–water partition coefficient (Wildman–Crippen LogP) is 3.13. The van der Waals surface area contributed by atoms with Gasteiger partial charge in [0.25, 0.3) is 5.91 Å². The van der Waals surface area contributed by atoms with Crippen LogP contribution in [0.1, 0.15) is 27.7 Å². The molecule has 0 bridgehead atoms. The summed E-state index contributed by atoms with van der Waals surface area (Å²) in [6.45, 7) is 0. The Hall–Kier alpha value is -3.55. The summed E-state index contributed by atoms with van der Waals surface area (Å²) in [6.07, 6.45) is 0. The van der Waals surface area contributed by atoms with Gasteiger partial charge in [-0.25, -0.2) is 4.39 Å². The Labute approximate surface area is 165 Å². The van der Waals surface area contributed by atoms with E-state index >= 15 is 0 Å². The third-order valence-electron chi connectivity index (χ3n) is 5.07. The van der Waals surface area contributed by atoms with Crippen molar-refractivity contribution in [3.05, 3.63) is 63.3 Å². The molecule has 0 aliphatic carbocycles. The van der Waals surface area contributed by atoms with E-state index in [4.69, 9.17) is 18.6 Å². The van der Waals surface area contributed by atoms with Crippen molar-refractivity contribution in [2.75, 3.05) is 28.4 Å². The highest BCUT2D eigenvalue weighted by Crippen LogP contribution is 2.44. The minimum atomic E-state index is -0.755. The molecule has 2 aromatic carbocycles. The number of halogens is 1. The zero-order chi connectivity index (χ0) is 20.9. The van der Waals surface area contributed by atoms with Gasteiger partial charge in [-0.3, -0.25) is 9.59 Å². The highest BCUT2D eigenvalue weighted by molar-refractivity contribution is 5.98. The van der Waals surface area contributed by atoms with Crippen LogP contribution >= 0.6 is 0 Å². The summed E-state index contributed by atoms with van der Waals surface area (Å²) in [4.78, 5) is 27.4. The molecule has 150 valence electrons. The van der Waals surface area contributed by atoms with Gasteiger partial charge in [0.2, 0.25) is 11.5 Å². The molecule has 1 aliphatic heterocycles. The summed E-state index contributed by atoms with van der Waals surface area (Å²) in [7, 11) is 6.00. The number of hydrogen-bond acceptors (Lipinski definition) is 6. The number of rotatable bonds is 4. The third-order valence-corrected chi connectivity index (χ3v) is 5.07. The molecule has 1 amide bonds. The quantitative estimate of drug-likeness (QED) is 0.671. The smallest absolute Gasteiger partial charge is 0.290 e. The maximum atomic E-state index is 13.7. The van der Waals surface area contributed by atoms with Gasteiger partial charge in [-0.1, -0.05) is 0 Å². The zero-order valence-corrected chi connectivity index (χ0v) is 16.2. The van der Waals surface area contributed by atoms with E-state index in [0.717, 1.165) is 6.07 Å². The van der Waals surface area contributed by atoms with E-state index in [1.165, 1.54) is 38.4 Å². The van der Waals surface area contributed by atoms with Crippen LogP contribution in [0.5, 0.6) is 17.2 Å². The number of carbonyl (C=O) groups is 1. The van der Waals surface area contributed by atoms with Crippen molar-refractivity contribution >= 4 is 16.9 Å². The minimum Gasteiger partial charge on any atom is -0.493 e. The first-order chi connectivity index (χ1) is 13.9. The SMILES string of the molecule is COc1cc([C@H]2c3c(oc4ccc(F)cc4c3=O)C(=O)N2C)cc(OC)c1OC. The van der Waals surface area contributed by atoms with Gasteiger partial charge in [-0.15, -0.1) is 0 Å². The van der Waals surface area contributed by atoms with Crippen molar-refractivity contribution in [3.63, 3.8) is 0 Å². The average molecular weight is 399 g/mol. The molecular formula is C21H18FNO6. The lowest BCUT2D eigenvalue weighted by Crippen LogP contribution is -2.25. The van der Waals surface area contributed by atoms with E-state index in [0.29, 0.717) is 22.8 Å². The van der Waals surface area contributed by atoms with Gasteiger partial charge in [-0.05, 0) is 35.9 Å². The standard InChI is InChI=1S/C21H18FNO6/c1-23-17(10-7-14(26-2)19(28-4)15(8-10)27-3)16-18(24)12-9-11(22)5-6-13(12)29-20(16)21(23)25/h5-9,17H,1-4H3/t17-/m0/s1. The summed E-state index contributed by atoms with van der Waals surface area (Å²) in [5.41, 5.74) is 0.404. The molecule has 1 aromatic heterocycles. The van der Waals surface area contributed by atoms with E-state index in [1.54, 1.807) is 19.2 Å². The second kappa shape index (κ2) is 6.80. The molecule has 0 saturated carbocycles. The number of benzene rings is 2. The second-order valence-electron chi connectivity index (χ2n) is 6.59. The van der Waals surface area contributed by atoms with Crippen molar-refractivity contribution < 1.29 is 27.8 Å². The van der Waals surface area contributed by atoms with Gasteiger partial charge in [0.05, 0.1) is 38.3 Å². The number of amides is 1. The Morgan fingerprint density at radius 1 is 1.00 bits per heavy atom. The number of hydrogen-bond donors (Lipinski definition) is 0. The minimum absolute atomic E-state index is 0.0599. The topological polar surface area (TPSA) is 78.2 Å². The first-order valence-corrected chi connectivity index (χ1v) is 8.74. The summed E-state index contributed by atoms with van der Waals surface area (Å²) < 4.78 is 35.5. The molecule has 0 N–H and O–H groups in total. The van der Waals surface area contributed by atoms with Gasteiger partial charge in [0, 0.05) is 7.05 Å². The van der Waals surface area contributed by atoms with Crippen molar-refractivity contribution in [2.45, 2.75) is 6.04 Å². The maximum absolute atomic E-state index is 13.7. The van der Waals surface area contributed by atoms with Crippen LogP contribution < -0.4 is 19.6 Å². The van der Waals surface area contributed by atoms with Crippen LogP contribution in [-0.2, 0) is 0 Å². The molecule has 0 unspecified atom stereocenters. The van der Waals surface area contributed by atoms with Gasteiger partial charge in [0.1, 0.15) is 11.4 Å². The van der Waals surface area contributed by atoms with Crippen molar-refractivity contribution in [3.8, 4) is 17.2 Å². The molecule has 1 aliphatic rings. The lowest BCUT2D eigenvalue weighted by Gasteiger charge is -2.22. The van der Waals surface area contributed by atoms with Crippen molar-refractivity contribution in [1.82, 2.24) is 4.90 Å². The van der Waals surface area contributed by atoms with Gasteiger partial charge >= 0.3 is 0 Å². The molecule has 2 heterocycles. The van der Waals surface area contributed by atoms with E-state index < -0.39 is 23.2 Å². The zero-order valence-electron chi connectivity index (χ0n) is 16.2. The molecule has 1 atom stereocenters. The summed E-state index contributed by atoms with van der Waals surface area (Å²) >= 11 is 0. The Morgan fingerprint density at radius 3 is 2.24 bits per heavy atom. The summed E-state index contributed by atoms with van der Waals surface area (Å²) in [6, 6.07) is 6.20. The molecular weight excluding hydrogens is 381 g/mol. The van der Waals surface area contributed by atoms with Gasteiger partial charge in [-0.2, -0.15) is 0 Å². The number of ether oxygens (including phenoxy) is 3. The fraction of sp³-hybridized carbons (Fsp3) is 0.238. The molecule has 3 aromatic rings. The second-order valence-corrected chi connectivity index (χ2v) is 6.59. The normalized spacial score (nSPS) is 15.6. The van der Waals surface area contributed by atoms with Crippen LogP contribution in [0.3, 0.4) is 0 Å². The van der Waals surface area contributed by atoms with E-state index in [-0.39, 0.29) is 22.3 Å². The number of nitrogens with zero attached hydrogens (tertiary/aromatic N) is 1. The molecule has 29 heavy (non-hydrogen) atoms. The lowest BCUT2D eigenvalue weighted by atomic mass is 9.98. The van der Waals surface area contributed by atoms with Crippen LogP contribution in [0.4, 0.5) is 4.39 Å². The van der Waals surface area contributed by atoms with E-state index in [1.807, 2.05) is 0 Å². The summed E-state index contributed by atoms with van der Waals surface area (Å²) in [5.74, 6) is 0.0857. The molecule has 4 rings (SSSR count). The highest BCUT2D eigenvalue weighted by Gasteiger charge is 2.41. The predicted molar refractivity (Wildman–Crippen MR) is 102 cm³/mol. The molecule has 0 fully saturated rings. The molecule has 0 saturated heterocycles. The van der Waals surface area contributed by atoms with E-state index in [2.05, 4.69) is 0 Å². The molecule has 7 nitrogen and oxygen atoms in total. The Morgan fingerprint density at radius 2 is 1.66 bits per heavy atom. The van der Waals surface area contributed by atoms with Crippen LogP contribution in [0.15, 0.2) is 39.5 Å². The molecule has 8 heteroatoms. The Kier molecular flexibility index (Phi) is 4.41. The maximum Gasteiger partial charge on any atom is 0.290 e. The van der Waals surface area contributed by atoms with Gasteiger partial charge < -0.3 is 23.5 Å². The highest BCUT2D eigenvalue weighted by atomic mass is 19.1. The Bertz CT molecular complexity index is 1180. The average Bonchev–Trinajstić information content (AvgIpc) is 2.98. The lowest BCUT2D eigenvalue weighted by molar-refractivity contribution is 0.0771. The van der Waals surface area contributed by atoms with Gasteiger partial charge in [0.15, 0.2) is 16.9 Å². The first-order valence-electron chi connectivity index (χ1n) is 8.74. The first kappa shape index (κ1) is 18.8. The molecule has 0 radical (unpaired) electrons. The van der Waals surface area contributed by atoms with E-state index in [9.17, 15) is 14.0 Å².